The molecule has 1 atom stereocenters. The molecule has 7 nitrogen and oxygen atoms in total. The molecule has 0 bridgehead atoms. The number of hydrogen-bond acceptors (Lipinski definition) is 7. The van der Waals surface area contributed by atoms with Gasteiger partial charge in [0.2, 0.25) is 5.78 Å². The highest BCUT2D eigenvalue weighted by atomic mass is 16.3. The summed E-state index contributed by atoms with van der Waals surface area (Å²) in [4.78, 5) is 24.5. The van der Waals surface area contributed by atoms with Gasteiger partial charge in [-0.05, 0) is 41.5 Å². The van der Waals surface area contributed by atoms with Gasteiger partial charge in [0.05, 0.1) is 5.56 Å². The molecule has 2 aromatic heterocycles. The molecule has 5 rings (SSSR count). The molecule has 1 aliphatic rings. The normalized spacial score (nSPS) is 15.8. The van der Waals surface area contributed by atoms with Gasteiger partial charge in [-0.2, -0.15) is 0 Å². The zero-order valence-electron chi connectivity index (χ0n) is 18.6. The van der Waals surface area contributed by atoms with E-state index in [4.69, 9.17) is 5.73 Å². The van der Waals surface area contributed by atoms with E-state index in [-0.39, 0.29) is 34.7 Å². The van der Waals surface area contributed by atoms with Crippen molar-refractivity contribution in [1.29, 1.82) is 0 Å². The Hall–Kier alpha value is -4.23. The van der Waals surface area contributed by atoms with Crippen molar-refractivity contribution in [2.24, 2.45) is 0 Å². The van der Waals surface area contributed by atoms with Crippen LogP contribution in [0.15, 0.2) is 85.1 Å². The van der Waals surface area contributed by atoms with Crippen molar-refractivity contribution in [1.82, 2.24) is 15.3 Å². The first-order chi connectivity index (χ1) is 16.6. The zero-order chi connectivity index (χ0) is 23.5. The summed E-state index contributed by atoms with van der Waals surface area (Å²) in [6.07, 6.45) is 1.59. The molecular formula is C27H33N5O2. The summed E-state index contributed by atoms with van der Waals surface area (Å²) in [5.74, 6) is 0.751. The number of ketones is 1. The fourth-order valence-electron chi connectivity index (χ4n) is 4.23. The van der Waals surface area contributed by atoms with E-state index in [9.17, 15) is 9.90 Å². The van der Waals surface area contributed by atoms with Crippen LogP contribution in [0, 0.1) is 0 Å². The Morgan fingerprint density at radius 2 is 1.85 bits per heavy atom. The number of aromatic hydroxyl groups is 1. The lowest BCUT2D eigenvalue weighted by atomic mass is 10.0. The molecule has 1 unspecified atom stereocenters. The van der Waals surface area contributed by atoms with E-state index in [1.807, 2.05) is 36.4 Å². The Morgan fingerprint density at radius 1 is 1.03 bits per heavy atom. The number of pyridine rings is 2. The quantitative estimate of drug-likeness (QED) is 0.368. The smallest absolute Gasteiger partial charge is 0.215 e. The van der Waals surface area contributed by atoms with E-state index >= 15 is 0 Å². The van der Waals surface area contributed by atoms with Crippen LogP contribution in [-0.4, -0.2) is 40.5 Å². The number of nitrogens with two attached hydrogens (primary N) is 1. The molecule has 1 fully saturated rings. The van der Waals surface area contributed by atoms with Crippen LogP contribution in [0.5, 0.6) is 5.75 Å². The number of phenolic OH excluding ortho intramolecular Hbond substituents is 1. The predicted octanol–water partition coefficient (Wildman–Crippen LogP) is 4.80. The topological polar surface area (TPSA) is 104 Å². The summed E-state index contributed by atoms with van der Waals surface area (Å²) < 4.78 is 0. The minimum absolute atomic E-state index is 0. The van der Waals surface area contributed by atoms with Gasteiger partial charge in [-0.1, -0.05) is 48.5 Å². The Bertz CT molecular complexity index is 1340. The number of carbonyl (C=O) groups excluding carboxylic acids is 1. The molecule has 0 aliphatic carbocycles. The van der Waals surface area contributed by atoms with E-state index < -0.39 is 0 Å². The van der Waals surface area contributed by atoms with Crippen LogP contribution < -0.4 is 16.0 Å². The van der Waals surface area contributed by atoms with Gasteiger partial charge in [-0.15, -0.1) is 0 Å². The molecule has 0 saturated carbocycles. The van der Waals surface area contributed by atoms with Gasteiger partial charge in [-0.25, -0.2) is 9.97 Å². The summed E-state index contributed by atoms with van der Waals surface area (Å²) in [7, 11) is 0. The number of nitrogen functional groups attached to an aromatic ring is 1. The molecule has 0 amide bonds. The number of benzene rings is 2. The molecule has 7 heteroatoms. The Kier molecular flexibility index (Phi) is 5.93. The van der Waals surface area contributed by atoms with E-state index in [1.54, 1.807) is 36.5 Å². The second-order valence-corrected chi connectivity index (χ2v) is 8.28. The SMILES string of the molecule is Nc1ncc(-c2cccc(O)c2)cc1C(=O)c1cccc(N2CCNC(c3ccccc3)C2)n1.[HH].[HH].[HH].[HH]. The standard InChI is InChI=1S/C27H25N5O2.4H2/c28-27-22(15-20(16-30-27)19-8-4-9-21(33)14-19)26(34)23-10-5-11-25(31-23)32-13-12-29-24(17-32)18-6-2-1-3-7-18;;;;/h1-11,14-16,24,29,33H,12-13,17H2,(H2,28,30);4*1H. The largest absolute Gasteiger partial charge is 0.508 e. The second kappa shape index (κ2) is 9.33. The number of piperazine rings is 1. The third kappa shape index (κ3) is 4.46. The molecule has 3 heterocycles. The van der Waals surface area contributed by atoms with Crippen molar-refractivity contribution < 1.29 is 15.6 Å². The highest BCUT2D eigenvalue weighted by Gasteiger charge is 2.23. The van der Waals surface area contributed by atoms with E-state index in [0.29, 0.717) is 11.3 Å². The molecule has 0 radical (unpaired) electrons. The van der Waals surface area contributed by atoms with Crippen LogP contribution in [-0.2, 0) is 0 Å². The maximum absolute atomic E-state index is 13.4. The average Bonchev–Trinajstić information content (AvgIpc) is 2.89. The molecule has 4 N–H and O–H groups in total. The van der Waals surface area contributed by atoms with Crippen LogP contribution in [0.1, 0.15) is 33.4 Å². The monoisotopic (exact) mass is 459 g/mol. The number of carbonyl (C=O) groups is 1. The first-order valence-electron chi connectivity index (χ1n) is 11.2. The Labute approximate surface area is 203 Å². The first-order valence-corrected chi connectivity index (χ1v) is 11.2. The second-order valence-electron chi connectivity index (χ2n) is 8.28. The number of hydrogen-bond donors (Lipinski definition) is 3. The van der Waals surface area contributed by atoms with Crippen molar-refractivity contribution in [3.05, 3.63) is 102 Å². The van der Waals surface area contributed by atoms with Gasteiger partial charge in [0, 0.05) is 43.1 Å². The summed E-state index contributed by atoms with van der Waals surface area (Å²) in [5.41, 5.74) is 9.33. The average molecular weight is 460 g/mol. The third-order valence-corrected chi connectivity index (χ3v) is 6.01. The molecule has 1 aliphatic heterocycles. The van der Waals surface area contributed by atoms with Crippen LogP contribution in [0.25, 0.3) is 11.1 Å². The molecule has 2 aromatic carbocycles. The van der Waals surface area contributed by atoms with Crippen LogP contribution in [0.3, 0.4) is 0 Å². The zero-order valence-corrected chi connectivity index (χ0v) is 18.6. The van der Waals surface area contributed by atoms with Gasteiger partial charge in [0.25, 0.3) is 0 Å². The molecular weight excluding hydrogens is 426 g/mol. The van der Waals surface area contributed by atoms with Crippen molar-refractivity contribution in [2.45, 2.75) is 6.04 Å². The van der Waals surface area contributed by atoms with Crippen LogP contribution in [0.2, 0.25) is 0 Å². The number of nitrogens with zero attached hydrogens (tertiary/aromatic N) is 3. The molecule has 4 aromatic rings. The van der Waals surface area contributed by atoms with Gasteiger partial charge < -0.3 is 21.1 Å². The minimum atomic E-state index is -0.288. The van der Waals surface area contributed by atoms with E-state index in [0.717, 1.165) is 31.0 Å². The lowest BCUT2D eigenvalue weighted by Gasteiger charge is -2.35. The lowest BCUT2D eigenvalue weighted by molar-refractivity contribution is 0.103. The Balaban J connectivity index is 0.00000180. The number of nitrogens with one attached hydrogen (secondary N) is 1. The highest BCUT2D eigenvalue weighted by molar-refractivity contribution is 6.11. The predicted molar refractivity (Wildman–Crippen MR) is 141 cm³/mol. The summed E-state index contributed by atoms with van der Waals surface area (Å²) in [6, 6.07) is 24.5. The van der Waals surface area contributed by atoms with E-state index in [1.165, 1.54) is 5.56 Å². The number of aromatic nitrogens is 2. The summed E-state index contributed by atoms with van der Waals surface area (Å²) in [6.45, 7) is 2.37. The molecule has 178 valence electrons. The van der Waals surface area contributed by atoms with Crippen molar-refractivity contribution in [3.63, 3.8) is 0 Å². The Morgan fingerprint density at radius 3 is 2.68 bits per heavy atom. The number of rotatable bonds is 5. The van der Waals surface area contributed by atoms with Crippen molar-refractivity contribution >= 4 is 17.4 Å². The molecule has 1 saturated heterocycles. The fraction of sp³-hybridized carbons (Fsp3) is 0.148. The molecule has 34 heavy (non-hydrogen) atoms. The first kappa shape index (κ1) is 21.6. The van der Waals surface area contributed by atoms with Gasteiger partial charge >= 0.3 is 0 Å². The minimum Gasteiger partial charge on any atom is -0.508 e. The van der Waals surface area contributed by atoms with E-state index in [2.05, 4.69) is 32.3 Å². The third-order valence-electron chi connectivity index (χ3n) is 6.01. The lowest BCUT2D eigenvalue weighted by Crippen LogP contribution is -2.46. The van der Waals surface area contributed by atoms with Crippen molar-refractivity contribution in [2.75, 3.05) is 30.3 Å². The number of anilines is 2. The van der Waals surface area contributed by atoms with Crippen molar-refractivity contribution in [3.8, 4) is 16.9 Å². The van der Waals surface area contributed by atoms with Crippen LogP contribution >= 0.6 is 0 Å². The highest BCUT2D eigenvalue weighted by Crippen LogP contribution is 2.27. The van der Waals surface area contributed by atoms with Gasteiger partial charge in [0.15, 0.2) is 0 Å². The van der Waals surface area contributed by atoms with Gasteiger partial charge in [-0.3, -0.25) is 4.79 Å². The summed E-state index contributed by atoms with van der Waals surface area (Å²) in [5, 5.41) is 13.4. The maximum Gasteiger partial charge on any atom is 0.215 e. The summed E-state index contributed by atoms with van der Waals surface area (Å²) >= 11 is 0. The van der Waals surface area contributed by atoms with Gasteiger partial charge in [0.1, 0.15) is 23.1 Å². The fourth-order valence-corrected chi connectivity index (χ4v) is 4.23. The van der Waals surface area contributed by atoms with Crippen LogP contribution in [0.4, 0.5) is 11.6 Å². The molecule has 0 spiro atoms. The maximum atomic E-state index is 13.4. The number of phenols is 1.